The summed E-state index contributed by atoms with van der Waals surface area (Å²) in [6.45, 7) is 8.65. The van der Waals surface area contributed by atoms with E-state index in [9.17, 15) is 4.79 Å². The smallest absolute Gasteiger partial charge is 0.254 e. The first kappa shape index (κ1) is 17.5. The highest BCUT2D eigenvalue weighted by Crippen LogP contribution is 2.26. The van der Waals surface area contributed by atoms with Crippen molar-refractivity contribution in [2.24, 2.45) is 0 Å². The molecule has 0 spiro atoms. The van der Waals surface area contributed by atoms with Gasteiger partial charge in [-0.25, -0.2) is 5.43 Å². The molecule has 26 heavy (non-hydrogen) atoms. The largest absolute Gasteiger partial charge is 0.377 e. The van der Waals surface area contributed by atoms with Crippen LogP contribution in [0.4, 0.5) is 5.69 Å². The number of nitrogens with one attached hydrogen (secondary N) is 3. The number of rotatable bonds is 4. The summed E-state index contributed by atoms with van der Waals surface area (Å²) in [6.07, 6.45) is 2.76. The molecule has 3 heterocycles. The van der Waals surface area contributed by atoms with Crippen molar-refractivity contribution in [3.63, 3.8) is 0 Å². The maximum absolute atomic E-state index is 12.6. The number of anilines is 1. The van der Waals surface area contributed by atoms with E-state index in [1.165, 1.54) is 11.1 Å². The fourth-order valence-corrected chi connectivity index (χ4v) is 3.95. The Kier molecular flexibility index (Phi) is 4.71. The van der Waals surface area contributed by atoms with Gasteiger partial charge in [-0.3, -0.25) is 20.0 Å². The van der Waals surface area contributed by atoms with Gasteiger partial charge in [0.1, 0.15) is 12.5 Å². The summed E-state index contributed by atoms with van der Waals surface area (Å²) < 4.78 is 5.72. The zero-order valence-corrected chi connectivity index (χ0v) is 15.6. The Bertz CT molecular complexity index is 735. The van der Waals surface area contributed by atoms with Crippen molar-refractivity contribution in [3.05, 3.63) is 41.1 Å². The van der Waals surface area contributed by atoms with E-state index in [1.807, 2.05) is 18.1 Å². The normalized spacial score (nSPS) is 28.9. The number of benzene rings is 1. The highest BCUT2D eigenvalue weighted by Gasteiger charge is 2.40. The minimum Gasteiger partial charge on any atom is -0.377 e. The first-order valence-electron chi connectivity index (χ1n) is 9.32. The molecule has 140 valence electrons. The number of nitrogens with zero attached hydrogens (tertiary/aromatic N) is 2. The number of likely N-dealkylation sites (tertiary alicyclic amines) is 1. The zero-order valence-electron chi connectivity index (χ0n) is 15.6. The molecular formula is C19H27N5O2. The van der Waals surface area contributed by atoms with E-state index in [1.54, 1.807) is 0 Å². The number of carbonyl (C=O) groups excluding carboxylic acids is 1. The van der Waals surface area contributed by atoms with Crippen molar-refractivity contribution in [2.75, 3.05) is 24.7 Å². The molecule has 3 atom stereocenters. The van der Waals surface area contributed by atoms with Crippen LogP contribution in [0.3, 0.4) is 0 Å². The summed E-state index contributed by atoms with van der Waals surface area (Å²) in [7, 11) is 0. The number of hydrogen-bond donors (Lipinski definition) is 3. The molecule has 2 saturated heterocycles. The molecule has 1 aromatic rings. The van der Waals surface area contributed by atoms with Gasteiger partial charge >= 0.3 is 0 Å². The number of amides is 1. The van der Waals surface area contributed by atoms with Crippen LogP contribution in [0.2, 0.25) is 0 Å². The SMILES string of the molecule is CCOC1CCN(C2NC(=O)C3=CN(c4ccc(C)cc4C)NC3N2)C1. The maximum atomic E-state index is 12.6. The molecule has 7 nitrogen and oxygen atoms in total. The summed E-state index contributed by atoms with van der Waals surface area (Å²) in [4.78, 5) is 14.9. The van der Waals surface area contributed by atoms with Gasteiger partial charge in [0.2, 0.25) is 0 Å². The molecule has 3 aliphatic heterocycles. The summed E-state index contributed by atoms with van der Waals surface area (Å²) in [5.41, 5.74) is 7.56. The maximum Gasteiger partial charge on any atom is 0.254 e. The Balaban J connectivity index is 1.46. The van der Waals surface area contributed by atoms with E-state index in [0.29, 0.717) is 5.57 Å². The van der Waals surface area contributed by atoms with Crippen molar-refractivity contribution >= 4 is 11.6 Å². The van der Waals surface area contributed by atoms with Gasteiger partial charge in [0, 0.05) is 25.9 Å². The van der Waals surface area contributed by atoms with Crippen molar-refractivity contribution in [1.29, 1.82) is 0 Å². The van der Waals surface area contributed by atoms with Gasteiger partial charge in [-0.1, -0.05) is 17.7 Å². The Hall–Kier alpha value is -1.93. The predicted molar refractivity (Wildman–Crippen MR) is 100 cm³/mol. The summed E-state index contributed by atoms with van der Waals surface area (Å²) in [6, 6.07) is 6.30. The minimum absolute atomic E-state index is 0.0293. The number of ether oxygens (including phenoxy) is 1. The fourth-order valence-electron chi connectivity index (χ4n) is 3.95. The number of hydrazine groups is 1. The second kappa shape index (κ2) is 7.00. The fraction of sp³-hybridized carbons (Fsp3) is 0.526. The van der Waals surface area contributed by atoms with Crippen LogP contribution in [0.25, 0.3) is 0 Å². The van der Waals surface area contributed by atoms with Gasteiger partial charge in [0.05, 0.1) is 17.4 Å². The van der Waals surface area contributed by atoms with Crippen LogP contribution in [0.1, 0.15) is 24.5 Å². The van der Waals surface area contributed by atoms with Gasteiger partial charge in [-0.2, -0.15) is 0 Å². The summed E-state index contributed by atoms with van der Waals surface area (Å²) in [5, 5.41) is 8.51. The van der Waals surface area contributed by atoms with E-state index in [0.717, 1.165) is 31.8 Å². The standard InChI is InChI=1S/C19H27N5O2/c1-4-26-14-7-8-23(10-14)19-20-17-15(18(25)21-19)11-24(22-17)16-6-5-12(2)9-13(16)3/h5-6,9,11,14,17,19-20,22H,4,7-8,10H2,1-3H3,(H,21,25). The topological polar surface area (TPSA) is 68.9 Å². The number of fused-ring (bicyclic) bond motifs is 1. The van der Waals surface area contributed by atoms with Crippen LogP contribution in [0.5, 0.6) is 0 Å². The molecule has 4 rings (SSSR count). The second-order valence-corrected chi connectivity index (χ2v) is 7.21. The average molecular weight is 357 g/mol. The quantitative estimate of drug-likeness (QED) is 0.746. The monoisotopic (exact) mass is 357 g/mol. The summed E-state index contributed by atoms with van der Waals surface area (Å²) in [5.74, 6) is -0.0293. The molecule has 0 saturated carbocycles. The van der Waals surface area contributed by atoms with E-state index < -0.39 is 0 Å². The molecule has 2 fully saturated rings. The van der Waals surface area contributed by atoms with Gasteiger partial charge in [-0.15, -0.1) is 0 Å². The zero-order chi connectivity index (χ0) is 18.3. The van der Waals surface area contributed by atoms with E-state index in [4.69, 9.17) is 4.74 Å². The first-order valence-corrected chi connectivity index (χ1v) is 9.32. The highest BCUT2D eigenvalue weighted by atomic mass is 16.5. The van der Waals surface area contributed by atoms with Crippen molar-refractivity contribution < 1.29 is 9.53 Å². The summed E-state index contributed by atoms with van der Waals surface area (Å²) >= 11 is 0. The number of carbonyl (C=O) groups is 1. The van der Waals surface area contributed by atoms with Crippen LogP contribution in [0, 0.1) is 13.8 Å². The van der Waals surface area contributed by atoms with Gasteiger partial charge < -0.3 is 10.1 Å². The molecule has 3 aliphatic rings. The van der Waals surface area contributed by atoms with Crippen LogP contribution < -0.4 is 21.1 Å². The van der Waals surface area contributed by atoms with Crippen LogP contribution in [-0.4, -0.2) is 49.1 Å². The third kappa shape index (κ3) is 3.23. The Morgan fingerprint density at radius 2 is 2.15 bits per heavy atom. The van der Waals surface area contributed by atoms with Crippen LogP contribution in [0.15, 0.2) is 30.0 Å². The molecule has 3 N–H and O–H groups in total. The van der Waals surface area contributed by atoms with Crippen LogP contribution in [-0.2, 0) is 9.53 Å². The van der Waals surface area contributed by atoms with Crippen molar-refractivity contribution in [1.82, 2.24) is 21.0 Å². The lowest BCUT2D eigenvalue weighted by molar-refractivity contribution is -0.122. The second-order valence-electron chi connectivity index (χ2n) is 7.21. The molecule has 0 aromatic heterocycles. The molecular weight excluding hydrogens is 330 g/mol. The molecule has 0 radical (unpaired) electrons. The van der Waals surface area contributed by atoms with Gasteiger partial charge in [0.25, 0.3) is 5.91 Å². The lowest BCUT2D eigenvalue weighted by Crippen LogP contribution is -2.66. The first-order chi connectivity index (χ1) is 12.5. The Morgan fingerprint density at radius 1 is 1.31 bits per heavy atom. The van der Waals surface area contributed by atoms with E-state index in [-0.39, 0.29) is 24.5 Å². The van der Waals surface area contributed by atoms with E-state index in [2.05, 4.69) is 53.0 Å². The molecule has 0 aliphatic carbocycles. The highest BCUT2D eigenvalue weighted by molar-refractivity contribution is 5.96. The minimum atomic E-state index is -0.194. The van der Waals surface area contributed by atoms with E-state index >= 15 is 0 Å². The van der Waals surface area contributed by atoms with Crippen molar-refractivity contribution in [3.8, 4) is 0 Å². The third-order valence-electron chi connectivity index (χ3n) is 5.26. The molecule has 0 bridgehead atoms. The molecule has 1 aromatic carbocycles. The Labute approximate surface area is 154 Å². The van der Waals surface area contributed by atoms with Crippen LogP contribution >= 0.6 is 0 Å². The lowest BCUT2D eigenvalue weighted by Gasteiger charge is -2.36. The molecule has 7 heteroatoms. The van der Waals surface area contributed by atoms with Crippen molar-refractivity contribution in [2.45, 2.75) is 45.8 Å². The average Bonchev–Trinajstić information content (AvgIpc) is 3.22. The van der Waals surface area contributed by atoms with Gasteiger partial charge in [0.15, 0.2) is 0 Å². The third-order valence-corrected chi connectivity index (χ3v) is 5.26. The number of aryl methyl sites for hydroxylation is 2. The molecule has 3 unspecified atom stereocenters. The lowest BCUT2D eigenvalue weighted by atomic mass is 10.1. The number of hydrogen-bond acceptors (Lipinski definition) is 6. The van der Waals surface area contributed by atoms with Gasteiger partial charge in [-0.05, 0) is 38.8 Å². The predicted octanol–water partition coefficient (Wildman–Crippen LogP) is 0.952. The Morgan fingerprint density at radius 3 is 2.92 bits per heavy atom. The molecule has 1 amide bonds.